The van der Waals surface area contributed by atoms with Gasteiger partial charge < -0.3 is 15.1 Å². The van der Waals surface area contributed by atoms with Crippen LogP contribution in [0.1, 0.15) is 45.1 Å². The molecule has 3 rings (SSSR count). The van der Waals surface area contributed by atoms with E-state index in [4.69, 9.17) is 0 Å². The second-order valence-electron chi connectivity index (χ2n) is 7.79. The molecule has 148 valence electrons. The minimum Gasteiger partial charge on any atom is -0.341 e. The number of nitrogens with zero attached hydrogens (tertiary/aromatic N) is 3. The highest BCUT2D eigenvalue weighted by Crippen LogP contribution is 2.20. The Kier molecular flexibility index (Phi) is 6.72. The van der Waals surface area contributed by atoms with Crippen LogP contribution in [0.2, 0.25) is 0 Å². The molecule has 2 aliphatic heterocycles. The van der Waals surface area contributed by atoms with Gasteiger partial charge in [-0.3, -0.25) is 9.69 Å². The van der Waals surface area contributed by atoms with Gasteiger partial charge in [-0.15, -0.1) is 0 Å². The molecule has 0 spiro atoms. The third-order valence-electron chi connectivity index (χ3n) is 5.73. The molecule has 2 saturated heterocycles. The van der Waals surface area contributed by atoms with Crippen molar-refractivity contribution < 1.29 is 9.59 Å². The van der Waals surface area contributed by atoms with Crippen LogP contribution in [0.15, 0.2) is 24.3 Å². The number of rotatable bonds is 3. The lowest BCUT2D eigenvalue weighted by Gasteiger charge is -2.33. The van der Waals surface area contributed by atoms with E-state index in [1.54, 1.807) is 6.92 Å². The summed E-state index contributed by atoms with van der Waals surface area (Å²) >= 11 is 0. The molecule has 0 aliphatic carbocycles. The fourth-order valence-corrected chi connectivity index (χ4v) is 4.01. The molecule has 1 unspecified atom stereocenters. The molecule has 1 aromatic carbocycles. The van der Waals surface area contributed by atoms with Crippen LogP contribution in [0.25, 0.3) is 0 Å². The van der Waals surface area contributed by atoms with Crippen LogP contribution < -0.4 is 5.32 Å². The van der Waals surface area contributed by atoms with Crippen molar-refractivity contribution in [1.29, 1.82) is 0 Å². The summed E-state index contributed by atoms with van der Waals surface area (Å²) in [5, 5.41) is 3.04. The first-order valence-electron chi connectivity index (χ1n) is 10.2. The summed E-state index contributed by atoms with van der Waals surface area (Å²) in [6.45, 7) is 8.56. The zero-order chi connectivity index (χ0) is 19.2. The van der Waals surface area contributed by atoms with Gasteiger partial charge in [-0.2, -0.15) is 0 Å². The van der Waals surface area contributed by atoms with Gasteiger partial charge in [-0.1, -0.05) is 18.6 Å². The Morgan fingerprint density at radius 1 is 1.04 bits per heavy atom. The van der Waals surface area contributed by atoms with Crippen molar-refractivity contribution in [3.05, 3.63) is 29.8 Å². The van der Waals surface area contributed by atoms with Crippen molar-refractivity contribution in [2.75, 3.05) is 38.0 Å². The van der Waals surface area contributed by atoms with Gasteiger partial charge in [0.1, 0.15) is 0 Å². The van der Waals surface area contributed by atoms with E-state index < -0.39 is 0 Å². The predicted molar refractivity (Wildman–Crippen MR) is 108 cm³/mol. The van der Waals surface area contributed by atoms with Gasteiger partial charge in [0, 0.05) is 51.4 Å². The molecule has 0 saturated carbocycles. The number of carbonyl (C=O) groups excluding carboxylic acids is 2. The van der Waals surface area contributed by atoms with Crippen molar-refractivity contribution in [2.45, 2.75) is 52.1 Å². The highest BCUT2D eigenvalue weighted by molar-refractivity contribution is 5.89. The maximum absolute atomic E-state index is 12.7. The molecule has 3 amide bonds. The quantitative estimate of drug-likeness (QED) is 0.887. The Labute approximate surface area is 162 Å². The molecule has 0 radical (unpaired) electrons. The van der Waals surface area contributed by atoms with E-state index in [1.807, 2.05) is 21.9 Å². The fraction of sp³-hybridized carbons (Fsp3) is 0.619. The smallest absolute Gasteiger partial charge is 0.321 e. The predicted octanol–water partition coefficient (Wildman–Crippen LogP) is 3.15. The first-order valence-corrected chi connectivity index (χ1v) is 10.2. The lowest BCUT2D eigenvalue weighted by Crippen LogP contribution is -2.39. The standard InChI is InChI=1S/C21H32N4O2/c1-17-7-3-4-10-25(17)16-19-8-5-9-20(15-19)22-21(27)24-12-6-11-23(13-14-24)18(2)26/h5,8-9,15,17H,3-4,6-7,10-14,16H2,1-2H3,(H,22,27). The zero-order valence-electron chi connectivity index (χ0n) is 16.6. The summed E-state index contributed by atoms with van der Waals surface area (Å²) in [6, 6.07) is 8.72. The van der Waals surface area contributed by atoms with Crippen LogP contribution in [-0.2, 0) is 11.3 Å². The van der Waals surface area contributed by atoms with Crippen molar-refractivity contribution in [3.8, 4) is 0 Å². The van der Waals surface area contributed by atoms with Gasteiger partial charge in [0.15, 0.2) is 0 Å². The number of benzene rings is 1. The Hall–Kier alpha value is -2.08. The van der Waals surface area contributed by atoms with Crippen LogP contribution in [0, 0.1) is 0 Å². The largest absolute Gasteiger partial charge is 0.341 e. The van der Waals surface area contributed by atoms with E-state index in [-0.39, 0.29) is 11.9 Å². The van der Waals surface area contributed by atoms with Gasteiger partial charge in [0.05, 0.1) is 0 Å². The Morgan fingerprint density at radius 2 is 1.81 bits per heavy atom. The van der Waals surface area contributed by atoms with Crippen LogP contribution in [-0.4, -0.2) is 65.4 Å². The number of hydrogen-bond donors (Lipinski definition) is 1. The molecule has 1 N–H and O–H groups in total. The van der Waals surface area contributed by atoms with Gasteiger partial charge in [-0.25, -0.2) is 4.79 Å². The van der Waals surface area contributed by atoms with Crippen molar-refractivity contribution in [2.24, 2.45) is 0 Å². The maximum atomic E-state index is 12.7. The Balaban J connectivity index is 1.57. The molecule has 0 aromatic heterocycles. The molecule has 2 aliphatic rings. The minimum absolute atomic E-state index is 0.0797. The van der Waals surface area contributed by atoms with E-state index in [1.165, 1.54) is 24.8 Å². The summed E-state index contributed by atoms with van der Waals surface area (Å²) in [5.41, 5.74) is 2.08. The number of piperidine rings is 1. The topological polar surface area (TPSA) is 55.9 Å². The number of amides is 3. The Morgan fingerprint density at radius 3 is 2.59 bits per heavy atom. The molecule has 0 bridgehead atoms. The number of hydrogen-bond acceptors (Lipinski definition) is 3. The molecular weight excluding hydrogens is 340 g/mol. The molecule has 6 heteroatoms. The average Bonchev–Trinajstić information content (AvgIpc) is 2.90. The highest BCUT2D eigenvalue weighted by Gasteiger charge is 2.21. The van der Waals surface area contributed by atoms with E-state index in [0.717, 1.165) is 31.7 Å². The number of anilines is 1. The molecule has 1 atom stereocenters. The third-order valence-corrected chi connectivity index (χ3v) is 5.73. The van der Waals surface area contributed by atoms with E-state index in [0.29, 0.717) is 25.7 Å². The number of nitrogens with one attached hydrogen (secondary N) is 1. The highest BCUT2D eigenvalue weighted by atomic mass is 16.2. The van der Waals surface area contributed by atoms with Crippen LogP contribution in [0.3, 0.4) is 0 Å². The average molecular weight is 373 g/mol. The summed E-state index contributed by atoms with van der Waals surface area (Å²) in [7, 11) is 0. The normalized spacial score (nSPS) is 21.6. The van der Waals surface area contributed by atoms with Crippen molar-refractivity contribution in [1.82, 2.24) is 14.7 Å². The maximum Gasteiger partial charge on any atom is 0.321 e. The lowest BCUT2D eigenvalue weighted by atomic mass is 10.0. The lowest BCUT2D eigenvalue weighted by molar-refractivity contribution is -0.128. The second-order valence-corrected chi connectivity index (χ2v) is 7.79. The van der Waals surface area contributed by atoms with Gasteiger partial charge in [0.25, 0.3) is 0 Å². The summed E-state index contributed by atoms with van der Waals surface area (Å²) in [4.78, 5) is 30.3. The summed E-state index contributed by atoms with van der Waals surface area (Å²) < 4.78 is 0. The number of carbonyl (C=O) groups is 2. The SMILES string of the molecule is CC(=O)N1CCCN(C(=O)Nc2cccc(CN3CCCCC3C)c2)CC1. The van der Waals surface area contributed by atoms with Crippen LogP contribution >= 0.6 is 0 Å². The fourth-order valence-electron chi connectivity index (χ4n) is 4.01. The first-order chi connectivity index (χ1) is 13.0. The molecule has 6 nitrogen and oxygen atoms in total. The van der Waals surface area contributed by atoms with Gasteiger partial charge in [-0.05, 0) is 50.4 Å². The first kappa shape index (κ1) is 19.7. The Bertz CT molecular complexity index is 663. The molecule has 27 heavy (non-hydrogen) atoms. The van der Waals surface area contributed by atoms with E-state index in [9.17, 15) is 9.59 Å². The summed E-state index contributed by atoms with van der Waals surface area (Å²) in [6.07, 6.45) is 4.68. The molecular formula is C21H32N4O2. The summed E-state index contributed by atoms with van der Waals surface area (Å²) in [5.74, 6) is 0.0805. The molecule has 2 fully saturated rings. The van der Waals surface area contributed by atoms with Gasteiger partial charge in [0.2, 0.25) is 5.91 Å². The van der Waals surface area contributed by atoms with E-state index in [2.05, 4.69) is 29.3 Å². The molecule has 1 aromatic rings. The van der Waals surface area contributed by atoms with Crippen LogP contribution in [0.4, 0.5) is 10.5 Å². The van der Waals surface area contributed by atoms with Crippen molar-refractivity contribution in [3.63, 3.8) is 0 Å². The van der Waals surface area contributed by atoms with Gasteiger partial charge >= 0.3 is 6.03 Å². The second kappa shape index (κ2) is 9.22. The number of urea groups is 1. The third kappa shape index (κ3) is 5.45. The minimum atomic E-state index is -0.0797. The van der Waals surface area contributed by atoms with Crippen molar-refractivity contribution >= 4 is 17.6 Å². The molecule has 2 heterocycles. The number of likely N-dealkylation sites (tertiary alicyclic amines) is 1. The monoisotopic (exact) mass is 372 g/mol. The van der Waals surface area contributed by atoms with Crippen LogP contribution in [0.5, 0.6) is 0 Å². The van der Waals surface area contributed by atoms with E-state index >= 15 is 0 Å². The zero-order valence-corrected chi connectivity index (χ0v) is 16.6.